The van der Waals surface area contributed by atoms with E-state index in [9.17, 15) is 19.5 Å². The van der Waals surface area contributed by atoms with E-state index >= 15 is 0 Å². The van der Waals surface area contributed by atoms with Gasteiger partial charge < -0.3 is 21.0 Å². The fourth-order valence-electron chi connectivity index (χ4n) is 2.71. The quantitative estimate of drug-likeness (QED) is 0.109. The summed E-state index contributed by atoms with van der Waals surface area (Å²) in [7, 11) is 0. The zero-order chi connectivity index (χ0) is 23.3. The number of hydrogen-bond donors (Lipinski definition) is 3. The van der Waals surface area contributed by atoms with Gasteiger partial charge >= 0.3 is 5.97 Å². The van der Waals surface area contributed by atoms with E-state index < -0.39 is 29.2 Å². The fraction of sp³-hybridized carbons (Fsp3) is 0.235. The van der Waals surface area contributed by atoms with E-state index in [1.165, 1.54) is 29.3 Å². The molecule has 15 heteroatoms. The predicted molar refractivity (Wildman–Crippen MR) is 119 cm³/mol. The Hall–Kier alpha value is -3.35. The van der Waals surface area contributed by atoms with Crippen molar-refractivity contribution in [3.63, 3.8) is 0 Å². The number of anilines is 1. The summed E-state index contributed by atoms with van der Waals surface area (Å²) in [6.07, 6.45) is 2.64. The van der Waals surface area contributed by atoms with Crippen LogP contribution >= 0.6 is 35.1 Å². The Bertz CT molecular complexity index is 1090. The minimum Gasteiger partial charge on any atom is -0.477 e. The lowest BCUT2D eigenvalue weighted by Gasteiger charge is -2.49. The number of thioether (sulfide) groups is 2. The van der Waals surface area contributed by atoms with Crippen LogP contribution in [0.1, 0.15) is 5.82 Å². The Labute approximate surface area is 194 Å². The molecule has 0 radical (unpaired) electrons. The van der Waals surface area contributed by atoms with Crippen LogP contribution in [0.3, 0.4) is 0 Å². The second kappa shape index (κ2) is 10.3. The molecule has 3 rings (SSSR count). The number of nitrogens with zero attached hydrogens (tertiary/aromatic N) is 5. The molecule has 1 aromatic heterocycles. The van der Waals surface area contributed by atoms with Crippen molar-refractivity contribution in [2.75, 3.05) is 18.1 Å². The largest absolute Gasteiger partial charge is 0.477 e. The van der Waals surface area contributed by atoms with Crippen molar-refractivity contribution in [1.82, 2.24) is 19.6 Å². The van der Waals surface area contributed by atoms with E-state index in [1.807, 2.05) is 6.07 Å². The third-order valence-electron chi connectivity index (χ3n) is 3.99. The summed E-state index contributed by atoms with van der Waals surface area (Å²) in [5.41, 5.74) is 5.12. The second-order valence-corrected chi connectivity index (χ2v) is 8.86. The average molecular weight is 494 g/mol. The number of nitrogens with one attached hydrogen (secondary N) is 1. The van der Waals surface area contributed by atoms with Crippen molar-refractivity contribution in [2.24, 2.45) is 5.16 Å². The molecule has 0 spiro atoms. The number of carbonyl (C=O) groups is 3. The number of nitrogens with two attached hydrogens (primary N) is 1. The van der Waals surface area contributed by atoms with Crippen molar-refractivity contribution in [3.8, 4) is 6.07 Å². The van der Waals surface area contributed by atoms with Gasteiger partial charge in [0.15, 0.2) is 5.13 Å². The van der Waals surface area contributed by atoms with E-state index in [1.54, 1.807) is 0 Å². The van der Waals surface area contributed by atoms with Gasteiger partial charge in [-0.3, -0.25) is 14.5 Å². The van der Waals surface area contributed by atoms with Gasteiger partial charge in [-0.2, -0.15) is 14.6 Å². The summed E-state index contributed by atoms with van der Waals surface area (Å²) >= 11 is 3.20. The summed E-state index contributed by atoms with van der Waals surface area (Å²) in [5.74, 6) is -2.42. The molecule has 0 bridgehead atoms. The number of fused-ring (bicyclic) bond motifs is 1. The maximum atomic E-state index is 12.8. The van der Waals surface area contributed by atoms with Crippen LogP contribution in [0.25, 0.3) is 0 Å². The smallest absolute Gasteiger partial charge is 0.353 e. The lowest BCUT2D eigenvalue weighted by molar-refractivity contribution is -0.150. The third kappa shape index (κ3) is 4.77. The molecule has 1 aromatic rings. The Morgan fingerprint density at radius 3 is 2.97 bits per heavy atom. The van der Waals surface area contributed by atoms with Crippen molar-refractivity contribution >= 4 is 63.7 Å². The maximum absolute atomic E-state index is 12.8. The lowest BCUT2D eigenvalue weighted by atomic mass is 10.0. The van der Waals surface area contributed by atoms with Crippen LogP contribution < -0.4 is 11.1 Å². The summed E-state index contributed by atoms with van der Waals surface area (Å²) in [6, 6.07) is 0.833. The third-order valence-corrected chi connectivity index (χ3v) is 6.89. The number of rotatable bonds is 9. The minimum atomic E-state index is -1.27. The molecule has 0 aromatic carbocycles. The minimum absolute atomic E-state index is 0.0263. The van der Waals surface area contributed by atoms with Gasteiger partial charge in [0, 0.05) is 28.3 Å². The van der Waals surface area contributed by atoms with Crippen molar-refractivity contribution in [3.05, 3.63) is 40.6 Å². The van der Waals surface area contributed by atoms with Crippen LogP contribution in [-0.4, -0.2) is 66.6 Å². The number of β-lactam (4-membered cyclic amide) rings is 1. The van der Waals surface area contributed by atoms with Crippen molar-refractivity contribution in [2.45, 2.75) is 11.4 Å². The zero-order valence-electron chi connectivity index (χ0n) is 16.1. The molecule has 1 unspecified atom stereocenters. The number of amides is 2. The Morgan fingerprint density at radius 2 is 2.34 bits per heavy atom. The van der Waals surface area contributed by atoms with Gasteiger partial charge in [-0.05, 0) is 5.41 Å². The summed E-state index contributed by atoms with van der Waals surface area (Å²) in [6.45, 7) is 3.51. The SMILES string of the molecule is C=CCON=C(C(=O)NC1C(=O)N2C(C(=O)O)=C(SC=CC#N)CS[C@@H]12)c1nsc(N)n1. The van der Waals surface area contributed by atoms with Crippen LogP contribution in [0.2, 0.25) is 0 Å². The van der Waals surface area contributed by atoms with Crippen LogP contribution in [0.5, 0.6) is 0 Å². The second-order valence-electron chi connectivity index (χ2n) is 5.97. The number of nitriles is 1. The van der Waals surface area contributed by atoms with Gasteiger partial charge in [0.1, 0.15) is 23.7 Å². The standard InChI is InChI=1S/C17H15N7O5S3/c1-2-5-29-22-9(12-21-17(19)32-23-12)13(25)20-10-14(26)24-11(16(27)28)8(7-31-15(10)24)30-6-3-4-18/h2-3,6,10,15H,1,5,7H2,(H,20,25)(H,27,28)(H2,19,21,23)/t10?,15-/m0/s1. The van der Waals surface area contributed by atoms with Gasteiger partial charge in [-0.25, -0.2) is 4.79 Å². The molecule has 166 valence electrons. The summed E-state index contributed by atoms with van der Waals surface area (Å²) < 4.78 is 3.94. The van der Waals surface area contributed by atoms with E-state index in [0.717, 1.165) is 28.2 Å². The van der Waals surface area contributed by atoms with E-state index in [2.05, 4.69) is 26.4 Å². The highest BCUT2D eigenvalue weighted by molar-refractivity contribution is 8.08. The number of carboxylic acid groups (broad SMARTS) is 1. The average Bonchev–Trinajstić information content (AvgIpc) is 3.20. The van der Waals surface area contributed by atoms with Crippen molar-refractivity contribution < 1.29 is 24.3 Å². The first-order valence-corrected chi connectivity index (χ1v) is 11.4. The number of carboxylic acids is 1. The molecule has 0 saturated carbocycles. The highest BCUT2D eigenvalue weighted by Crippen LogP contribution is 2.43. The molecular weight excluding hydrogens is 478 g/mol. The first-order valence-electron chi connectivity index (χ1n) is 8.72. The van der Waals surface area contributed by atoms with Gasteiger partial charge in [-0.1, -0.05) is 29.6 Å². The van der Waals surface area contributed by atoms with E-state index in [4.69, 9.17) is 15.8 Å². The summed E-state index contributed by atoms with van der Waals surface area (Å²) in [4.78, 5) is 47.8. The van der Waals surface area contributed by atoms with Crippen LogP contribution in [0.4, 0.5) is 5.13 Å². The Balaban J connectivity index is 1.79. The molecule has 2 aliphatic rings. The molecule has 12 nitrogen and oxygen atoms in total. The molecule has 4 N–H and O–H groups in total. The number of oxime groups is 1. The Morgan fingerprint density at radius 1 is 1.56 bits per heavy atom. The zero-order valence-corrected chi connectivity index (χ0v) is 18.6. The normalized spacial score (nSPS) is 20.4. The summed E-state index contributed by atoms with van der Waals surface area (Å²) in [5, 5.41) is 25.4. The highest BCUT2D eigenvalue weighted by Gasteiger charge is 2.54. The monoisotopic (exact) mass is 493 g/mol. The number of nitrogen functional groups attached to an aromatic ring is 1. The molecule has 2 amide bonds. The number of allylic oxidation sites excluding steroid dienone is 1. The van der Waals surface area contributed by atoms with Gasteiger partial charge in [0.25, 0.3) is 11.8 Å². The van der Waals surface area contributed by atoms with Gasteiger partial charge in [0.2, 0.25) is 11.5 Å². The number of hydrogen-bond acceptors (Lipinski definition) is 12. The molecule has 1 saturated heterocycles. The van der Waals surface area contributed by atoms with Gasteiger partial charge in [0.05, 0.1) is 6.07 Å². The highest BCUT2D eigenvalue weighted by atomic mass is 32.2. The first kappa shape index (κ1) is 23.3. The molecule has 0 aliphatic carbocycles. The predicted octanol–water partition coefficient (Wildman–Crippen LogP) is 0.494. The number of aromatic nitrogens is 2. The lowest BCUT2D eigenvalue weighted by Crippen LogP contribution is -2.71. The Kier molecular flexibility index (Phi) is 7.51. The molecule has 3 heterocycles. The first-order chi connectivity index (χ1) is 15.4. The molecule has 2 aliphatic heterocycles. The molecular formula is C17H15N7O5S3. The van der Waals surface area contributed by atoms with Crippen molar-refractivity contribution in [1.29, 1.82) is 5.26 Å². The van der Waals surface area contributed by atoms with Crippen LogP contribution in [0.15, 0.2) is 39.9 Å². The number of aliphatic carboxylic acids is 1. The molecule has 1 fully saturated rings. The van der Waals surface area contributed by atoms with Gasteiger partial charge in [-0.15, -0.1) is 11.8 Å². The topological polar surface area (TPSA) is 184 Å². The number of carbonyl (C=O) groups excluding carboxylic acids is 2. The maximum Gasteiger partial charge on any atom is 0.353 e. The van der Waals surface area contributed by atoms with E-state index in [-0.39, 0.29) is 34.7 Å². The van der Waals surface area contributed by atoms with Crippen LogP contribution in [-0.2, 0) is 19.2 Å². The van der Waals surface area contributed by atoms with E-state index in [0.29, 0.717) is 4.91 Å². The molecule has 32 heavy (non-hydrogen) atoms. The molecule has 2 atom stereocenters. The fourth-order valence-corrected chi connectivity index (χ4v) is 5.40. The van der Waals surface area contributed by atoms with Crippen LogP contribution in [0, 0.1) is 11.3 Å².